The topological polar surface area (TPSA) is 55.9 Å². The van der Waals surface area contributed by atoms with Gasteiger partial charge in [0.25, 0.3) is 0 Å². The van der Waals surface area contributed by atoms with Gasteiger partial charge in [-0.1, -0.05) is 44.2 Å². The van der Waals surface area contributed by atoms with Gasteiger partial charge in [-0.3, -0.25) is 4.68 Å². The van der Waals surface area contributed by atoms with E-state index in [-0.39, 0.29) is 11.5 Å². The van der Waals surface area contributed by atoms with E-state index in [1.165, 1.54) is 11.1 Å². The molecule has 1 atom stereocenters. The molecule has 0 saturated heterocycles. The minimum Gasteiger partial charge on any atom is -0.372 e. The molecule has 2 aromatic heterocycles. The Morgan fingerprint density at radius 3 is 2.62 bits per heavy atom. The minimum absolute atomic E-state index is 0.0628. The van der Waals surface area contributed by atoms with E-state index in [1.807, 2.05) is 30.1 Å². The molecule has 1 aromatic carbocycles. The van der Waals surface area contributed by atoms with Gasteiger partial charge in [0.2, 0.25) is 0 Å². The van der Waals surface area contributed by atoms with E-state index in [4.69, 9.17) is 5.73 Å². The number of anilines is 1. The van der Waals surface area contributed by atoms with Crippen LogP contribution in [0.2, 0.25) is 0 Å². The summed E-state index contributed by atoms with van der Waals surface area (Å²) in [5, 5.41) is 11.2. The van der Waals surface area contributed by atoms with Crippen LogP contribution >= 0.6 is 11.3 Å². The first-order valence-corrected chi connectivity index (χ1v) is 8.99. The first kappa shape index (κ1) is 16.7. The Hall–Kier alpha value is -2.11. The molecule has 0 amide bonds. The zero-order valence-corrected chi connectivity index (χ0v) is 15.2. The fraction of sp³-hybridized carbons (Fsp3) is 0.316. The molecule has 0 fully saturated rings. The number of benzene rings is 1. The third kappa shape index (κ3) is 3.23. The van der Waals surface area contributed by atoms with Crippen LogP contribution in [0.1, 0.15) is 19.4 Å². The summed E-state index contributed by atoms with van der Waals surface area (Å²) in [5.74, 6) is 0. The molecule has 0 aliphatic heterocycles. The average Bonchev–Trinajstić information content (AvgIpc) is 3.21. The van der Waals surface area contributed by atoms with Crippen molar-refractivity contribution in [2.45, 2.75) is 25.3 Å². The summed E-state index contributed by atoms with van der Waals surface area (Å²) in [6.45, 7) is 5.05. The van der Waals surface area contributed by atoms with Crippen LogP contribution in [0, 0.1) is 0 Å². The highest BCUT2D eigenvalue weighted by molar-refractivity contribution is 7.14. The molecule has 5 heteroatoms. The molecule has 2 heterocycles. The second-order valence-corrected chi connectivity index (χ2v) is 7.47. The second-order valence-electron chi connectivity index (χ2n) is 6.56. The zero-order chi connectivity index (χ0) is 17.2. The molecule has 3 N–H and O–H groups in total. The lowest BCUT2D eigenvalue weighted by Gasteiger charge is -2.35. The molecule has 0 saturated carbocycles. The third-order valence-corrected chi connectivity index (χ3v) is 5.52. The molecule has 0 spiro atoms. The lowest BCUT2D eigenvalue weighted by Crippen LogP contribution is -2.44. The van der Waals surface area contributed by atoms with Crippen molar-refractivity contribution in [1.82, 2.24) is 9.78 Å². The van der Waals surface area contributed by atoms with E-state index in [9.17, 15) is 0 Å². The van der Waals surface area contributed by atoms with E-state index in [1.54, 1.807) is 11.3 Å². The molecule has 126 valence electrons. The first-order valence-electron chi connectivity index (χ1n) is 8.11. The van der Waals surface area contributed by atoms with E-state index in [0.717, 1.165) is 10.7 Å². The summed E-state index contributed by atoms with van der Waals surface area (Å²) >= 11 is 1.70. The van der Waals surface area contributed by atoms with Gasteiger partial charge in [0.1, 0.15) is 0 Å². The fourth-order valence-corrected chi connectivity index (χ4v) is 3.83. The summed E-state index contributed by atoms with van der Waals surface area (Å²) in [6.07, 6.45) is 1.82. The monoisotopic (exact) mass is 340 g/mol. The van der Waals surface area contributed by atoms with Crippen molar-refractivity contribution in [3.8, 4) is 11.3 Å². The van der Waals surface area contributed by atoms with Gasteiger partial charge in [0.15, 0.2) is 0 Å². The maximum Gasteiger partial charge on any atom is 0.0892 e. The zero-order valence-electron chi connectivity index (χ0n) is 14.4. The molecule has 1 unspecified atom stereocenters. The molecule has 24 heavy (non-hydrogen) atoms. The van der Waals surface area contributed by atoms with Crippen LogP contribution in [-0.4, -0.2) is 22.4 Å². The Labute approximate surface area is 147 Å². The minimum atomic E-state index is -0.0628. The number of nitrogens with zero attached hydrogens (tertiary/aromatic N) is 2. The number of nitrogens with one attached hydrogen (secondary N) is 1. The summed E-state index contributed by atoms with van der Waals surface area (Å²) < 4.78 is 1.89. The average molecular weight is 340 g/mol. The highest BCUT2D eigenvalue weighted by atomic mass is 32.1. The second kappa shape index (κ2) is 6.79. The predicted molar refractivity (Wildman–Crippen MR) is 102 cm³/mol. The SMILES string of the molecule is Cn1nccc1-c1csc(NC(CN)C(C)(C)c2ccccc2)c1. The lowest BCUT2D eigenvalue weighted by atomic mass is 9.77. The molecule has 3 aromatic rings. The van der Waals surface area contributed by atoms with Gasteiger partial charge in [-0.15, -0.1) is 11.3 Å². The van der Waals surface area contributed by atoms with Crippen LogP contribution < -0.4 is 11.1 Å². The van der Waals surface area contributed by atoms with Gasteiger partial charge >= 0.3 is 0 Å². The highest BCUT2D eigenvalue weighted by Gasteiger charge is 2.30. The van der Waals surface area contributed by atoms with E-state index in [0.29, 0.717) is 6.54 Å². The Morgan fingerprint density at radius 1 is 1.25 bits per heavy atom. The van der Waals surface area contributed by atoms with Gasteiger partial charge in [0, 0.05) is 42.2 Å². The van der Waals surface area contributed by atoms with E-state index in [2.05, 4.69) is 60.0 Å². The molecular formula is C19H24N4S. The molecule has 0 aliphatic carbocycles. The van der Waals surface area contributed by atoms with Crippen molar-refractivity contribution in [2.75, 3.05) is 11.9 Å². The van der Waals surface area contributed by atoms with E-state index >= 15 is 0 Å². The number of aromatic nitrogens is 2. The molecule has 3 rings (SSSR count). The van der Waals surface area contributed by atoms with Crippen molar-refractivity contribution in [1.29, 1.82) is 0 Å². The summed E-state index contributed by atoms with van der Waals surface area (Å²) in [4.78, 5) is 0. The number of nitrogens with two attached hydrogens (primary N) is 1. The van der Waals surface area contributed by atoms with Crippen molar-refractivity contribution in [3.05, 3.63) is 59.6 Å². The van der Waals surface area contributed by atoms with Crippen molar-refractivity contribution < 1.29 is 0 Å². The van der Waals surface area contributed by atoms with Crippen molar-refractivity contribution >= 4 is 16.3 Å². The Balaban J connectivity index is 1.81. The first-order chi connectivity index (χ1) is 11.5. The molecular weight excluding hydrogens is 316 g/mol. The normalized spacial score (nSPS) is 13.0. The number of hydrogen-bond acceptors (Lipinski definition) is 4. The Kier molecular flexibility index (Phi) is 4.73. The summed E-state index contributed by atoms with van der Waals surface area (Å²) in [7, 11) is 1.96. The number of rotatable bonds is 6. The number of hydrogen-bond donors (Lipinski definition) is 2. The molecule has 0 bridgehead atoms. The van der Waals surface area contributed by atoms with Gasteiger partial charge in [-0.25, -0.2) is 0 Å². The smallest absolute Gasteiger partial charge is 0.0892 e. The molecule has 4 nitrogen and oxygen atoms in total. The fourth-order valence-electron chi connectivity index (χ4n) is 2.98. The predicted octanol–water partition coefficient (Wildman–Crippen LogP) is 3.87. The standard InChI is InChI=1S/C19H24N4S/c1-19(2,15-7-5-4-6-8-15)17(12-20)22-18-11-14(13-24-18)16-9-10-21-23(16)3/h4-11,13,17,22H,12,20H2,1-3H3. The summed E-state index contributed by atoms with van der Waals surface area (Å²) in [6, 6.07) is 14.9. The number of thiophene rings is 1. The summed E-state index contributed by atoms with van der Waals surface area (Å²) in [5.41, 5.74) is 9.62. The molecule has 0 aliphatic rings. The lowest BCUT2D eigenvalue weighted by molar-refractivity contribution is 0.440. The van der Waals surface area contributed by atoms with Crippen LogP contribution in [0.4, 0.5) is 5.00 Å². The molecule has 0 radical (unpaired) electrons. The maximum atomic E-state index is 6.10. The highest BCUT2D eigenvalue weighted by Crippen LogP contribution is 2.33. The van der Waals surface area contributed by atoms with Crippen LogP contribution in [0.25, 0.3) is 11.3 Å². The van der Waals surface area contributed by atoms with Gasteiger partial charge in [-0.2, -0.15) is 5.10 Å². The van der Waals surface area contributed by atoms with Crippen LogP contribution in [0.3, 0.4) is 0 Å². The van der Waals surface area contributed by atoms with Crippen LogP contribution in [-0.2, 0) is 12.5 Å². The Morgan fingerprint density at radius 2 is 2.00 bits per heavy atom. The largest absolute Gasteiger partial charge is 0.372 e. The van der Waals surface area contributed by atoms with Crippen LogP contribution in [0.15, 0.2) is 54.0 Å². The van der Waals surface area contributed by atoms with Gasteiger partial charge in [0.05, 0.1) is 10.7 Å². The van der Waals surface area contributed by atoms with Gasteiger partial charge in [-0.05, 0) is 17.7 Å². The van der Waals surface area contributed by atoms with Crippen molar-refractivity contribution in [2.24, 2.45) is 12.8 Å². The van der Waals surface area contributed by atoms with E-state index < -0.39 is 0 Å². The third-order valence-electron chi connectivity index (χ3n) is 4.66. The van der Waals surface area contributed by atoms with Crippen LogP contribution in [0.5, 0.6) is 0 Å². The maximum absolute atomic E-state index is 6.10. The van der Waals surface area contributed by atoms with Gasteiger partial charge < -0.3 is 11.1 Å². The van der Waals surface area contributed by atoms with Crippen molar-refractivity contribution in [3.63, 3.8) is 0 Å². The number of aryl methyl sites for hydroxylation is 1. The Bertz CT molecular complexity index is 789. The quantitative estimate of drug-likeness (QED) is 0.716.